The number of carbonyl (C=O) groups is 1. The standard InChI is InChI=1S/C15H20N2O3/c1-19-13-6-3-2-5-12(13)9-17-11-15(20-14(17)18)7-4-8-16-10-15/h2-3,5-6,16H,4,7-11H2,1H3. The minimum atomic E-state index is -0.336. The second kappa shape index (κ2) is 5.32. The molecule has 5 heteroatoms. The van der Waals surface area contributed by atoms with Crippen LogP contribution >= 0.6 is 0 Å². The molecule has 0 aliphatic carbocycles. The van der Waals surface area contributed by atoms with Crippen LogP contribution in [0.2, 0.25) is 0 Å². The third-order valence-corrected chi connectivity index (χ3v) is 4.03. The molecule has 20 heavy (non-hydrogen) atoms. The van der Waals surface area contributed by atoms with E-state index in [1.54, 1.807) is 12.0 Å². The third kappa shape index (κ3) is 2.45. The Morgan fingerprint density at radius 3 is 3.05 bits per heavy atom. The minimum Gasteiger partial charge on any atom is -0.496 e. The topological polar surface area (TPSA) is 50.8 Å². The van der Waals surface area contributed by atoms with Gasteiger partial charge in [0.25, 0.3) is 0 Å². The van der Waals surface area contributed by atoms with Crippen LogP contribution in [-0.2, 0) is 11.3 Å². The molecule has 1 amide bonds. The summed E-state index contributed by atoms with van der Waals surface area (Å²) in [5, 5.41) is 3.32. The lowest BCUT2D eigenvalue weighted by molar-refractivity contribution is 0.0366. The molecule has 1 atom stereocenters. The molecule has 1 unspecified atom stereocenters. The number of piperidine rings is 1. The van der Waals surface area contributed by atoms with Crippen molar-refractivity contribution in [2.75, 3.05) is 26.7 Å². The largest absolute Gasteiger partial charge is 0.496 e. The van der Waals surface area contributed by atoms with E-state index in [-0.39, 0.29) is 11.7 Å². The third-order valence-electron chi connectivity index (χ3n) is 4.03. The molecule has 2 saturated heterocycles. The zero-order valence-corrected chi connectivity index (χ0v) is 11.7. The Bertz CT molecular complexity index is 498. The van der Waals surface area contributed by atoms with Gasteiger partial charge in [-0.25, -0.2) is 4.79 Å². The normalized spacial score (nSPS) is 25.9. The molecular weight excluding hydrogens is 256 g/mol. The van der Waals surface area contributed by atoms with Gasteiger partial charge in [0, 0.05) is 12.1 Å². The summed E-state index contributed by atoms with van der Waals surface area (Å²) in [5.41, 5.74) is 0.671. The summed E-state index contributed by atoms with van der Waals surface area (Å²) in [5.74, 6) is 0.808. The van der Waals surface area contributed by atoms with Crippen LogP contribution in [0.3, 0.4) is 0 Å². The fraction of sp³-hybridized carbons (Fsp3) is 0.533. The molecule has 0 radical (unpaired) electrons. The highest BCUT2D eigenvalue weighted by Crippen LogP contribution is 2.31. The zero-order chi connectivity index (χ0) is 14.0. The van der Waals surface area contributed by atoms with Crippen molar-refractivity contribution in [2.24, 2.45) is 0 Å². The van der Waals surface area contributed by atoms with Gasteiger partial charge < -0.3 is 14.8 Å². The molecule has 1 aromatic rings. The molecule has 1 aromatic carbocycles. The van der Waals surface area contributed by atoms with Crippen LogP contribution in [-0.4, -0.2) is 43.3 Å². The summed E-state index contributed by atoms with van der Waals surface area (Å²) in [7, 11) is 1.65. The van der Waals surface area contributed by atoms with Crippen molar-refractivity contribution < 1.29 is 14.3 Å². The van der Waals surface area contributed by atoms with E-state index in [9.17, 15) is 4.79 Å². The average molecular weight is 276 g/mol. The smallest absolute Gasteiger partial charge is 0.410 e. The quantitative estimate of drug-likeness (QED) is 0.914. The van der Waals surface area contributed by atoms with Gasteiger partial charge in [0.2, 0.25) is 0 Å². The van der Waals surface area contributed by atoms with Gasteiger partial charge in [-0.1, -0.05) is 18.2 Å². The zero-order valence-electron chi connectivity index (χ0n) is 11.7. The summed E-state index contributed by atoms with van der Waals surface area (Å²) in [6.45, 7) is 2.94. The molecule has 0 aromatic heterocycles. The Morgan fingerprint density at radius 2 is 2.30 bits per heavy atom. The van der Waals surface area contributed by atoms with Crippen molar-refractivity contribution in [3.8, 4) is 5.75 Å². The van der Waals surface area contributed by atoms with E-state index >= 15 is 0 Å². The van der Waals surface area contributed by atoms with Gasteiger partial charge in [0.05, 0.1) is 20.2 Å². The first kappa shape index (κ1) is 13.2. The number of methoxy groups -OCH3 is 1. The maximum Gasteiger partial charge on any atom is 0.410 e. The Labute approximate surface area is 118 Å². The molecule has 5 nitrogen and oxygen atoms in total. The Hall–Kier alpha value is -1.75. The van der Waals surface area contributed by atoms with Crippen molar-refractivity contribution in [1.29, 1.82) is 0 Å². The van der Waals surface area contributed by atoms with Gasteiger partial charge in [-0.2, -0.15) is 0 Å². The highest BCUT2D eigenvalue weighted by atomic mass is 16.6. The van der Waals surface area contributed by atoms with E-state index in [2.05, 4.69) is 5.32 Å². The second-order valence-electron chi connectivity index (χ2n) is 5.50. The monoisotopic (exact) mass is 276 g/mol. The Kier molecular flexibility index (Phi) is 3.53. The molecule has 2 aliphatic rings. The van der Waals surface area contributed by atoms with Gasteiger partial charge in [-0.15, -0.1) is 0 Å². The number of hydrogen-bond acceptors (Lipinski definition) is 4. The van der Waals surface area contributed by atoms with Crippen LogP contribution in [0, 0.1) is 0 Å². The fourth-order valence-electron chi connectivity index (χ4n) is 3.02. The molecule has 1 spiro atoms. The SMILES string of the molecule is COc1ccccc1CN1CC2(CCCNC2)OC1=O. The van der Waals surface area contributed by atoms with Crippen LogP contribution in [0.1, 0.15) is 18.4 Å². The van der Waals surface area contributed by atoms with Gasteiger partial charge in [-0.05, 0) is 25.5 Å². The molecule has 2 aliphatic heterocycles. The lowest BCUT2D eigenvalue weighted by Crippen LogP contribution is -2.48. The number of amides is 1. The predicted molar refractivity (Wildman–Crippen MR) is 74.7 cm³/mol. The molecule has 2 heterocycles. The predicted octanol–water partition coefficient (Wildman–Crippen LogP) is 1.77. The lowest BCUT2D eigenvalue weighted by Gasteiger charge is -2.31. The Morgan fingerprint density at radius 1 is 1.45 bits per heavy atom. The van der Waals surface area contributed by atoms with E-state index in [0.717, 1.165) is 37.2 Å². The number of ether oxygens (including phenoxy) is 2. The summed E-state index contributed by atoms with van der Waals surface area (Å²) in [6, 6.07) is 7.78. The molecule has 0 bridgehead atoms. The number of benzene rings is 1. The van der Waals surface area contributed by atoms with E-state index in [1.807, 2.05) is 24.3 Å². The van der Waals surface area contributed by atoms with Crippen LogP contribution in [0.25, 0.3) is 0 Å². The first-order valence-corrected chi connectivity index (χ1v) is 7.03. The average Bonchev–Trinajstić information content (AvgIpc) is 2.76. The maximum atomic E-state index is 12.1. The number of rotatable bonds is 3. The lowest BCUT2D eigenvalue weighted by atomic mass is 9.94. The van der Waals surface area contributed by atoms with Gasteiger partial charge >= 0.3 is 6.09 Å². The van der Waals surface area contributed by atoms with Crippen molar-refractivity contribution in [1.82, 2.24) is 10.2 Å². The highest BCUT2D eigenvalue weighted by molar-refractivity contribution is 5.71. The van der Waals surface area contributed by atoms with Gasteiger partial charge in [0.15, 0.2) is 0 Å². The van der Waals surface area contributed by atoms with Crippen molar-refractivity contribution >= 4 is 6.09 Å². The van der Waals surface area contributed by atoms with Crippen molar-refractivity contribution in [3.63, 3.8) is 0 Å². The number of nitrogens with zero attached hydrogens (tertiary/aromatic N) is 1. The summed E-state index contributed by atoms with van der Waals surface area (Å²) >= 11 is 0. The molecule has 108 valence electrons. The van der Waals surface area contributed by atoms with Gasteiger partial charge in [-0.3, -0.25) is 4.90 Å². The molecule has 2 fully saturated rings. The molecule has 0 saturated carbocycles. The maximum absolute atomic E-state index is 12.1. The molecular formula is C15H20N2O3. The number of nitrogens with one attached hydrogen (secondary N) is 1. The van der Waals surface area contributed by atoms with Crippen LogP contribution in [0.5, 0.6) is 5.75 Å². The number of hydrogen-bond donors (Lipinski definition) is 1. The minimum absolute atomic E-state index is 0.223. The van der Waals surface area contributed by atoms with Crippen LogP contribution in [0.15, 0.2) is 24.3 Å². The van der Waals surface area contributed by atoms with Gasteiger partial charge in [0.1, 0.15) is 11.4 Å². The summed E-state index contributed by atoms with van der Waals surface area (Å²) in [6.07, 6.45) is 1.77. The van der Waals surface area contributed by atoms with E-state index < -0.39 is 0 Å². The van der Waals surface area contributed by atoms with Crippen molar-refractivity contribution in [3.05, 3.63) is 29.8 Å². The van der Waals surface area contributed by atoms with E-state index in [1.165, 1.54) is 0 Å². The van der Waals surface area contributed by atoms with Crippen molar-refractivity contribution in [2.45, 2.75) is 25.0 Å². The highest BCUT2D eigenvalue weighted by Gasteiger charge is 2.45. The first-order valence-electron chi connectivity index (χ1n) is 7.03. The second-order valence-corrected chi connectivity index (χ2v) is 5.50. The van der Waals surface area contributed by atoms with E-state index in [4.69, 9.17) is 9.47 Å². The molecule has 3 rings (SSSR count). The summed E-state index contributed by atoms with van der Waals surface area (Å²) in [4.78, 5) is 13.9. The van der Waals surface area contributed by atoms with Crippen LogP contribution in [0.4, 0.5) is 4.79 Å². The Balaban J connectivity index is 1.73. The van der Waals surface area contributed by atoms with Crippen LogP contribution < -0.4 is 10.1 Å². The fourth-order valence-corrected chi connectivity index (χ4v) is 3.02. The van der Waals surface area contributed by atoms with E-state index in [0.29, 0.717) is 13.1 Å². The number of para-hydroxylation sites is 1. The number of carbonyl (C=O) groups excluding carboxylic acids is 1. The first-order chi connectivity index (χ1) is 9.72. The molecule has 1 N–H and O–H groups in total. The summed E-state index contributed by atoms with van der Waals surface area (Å²) < 4.78 is 11.0.